The third-order valence-electron chi connectivity index (χ3n) is 1.93. The van der Waals surface area contributed by atoms with Gasteiger partial charge in [0.1, 0.15) is 0 Å². The van der Waals surface area contributed by atoms with Crippen molar-refractivity contribution in [2.24, 2.45) is 5.92 Å². The Morgan fingerprint density at radius 1 is 1.25 bits per heavy atom. The maximum absolute atomic E-state index is 11.5. The third kappa shape index (κ3) is 4.88. The van der Waals surface area contributed by atoms with E-state index in [1.54, 1.807) is 0 Å². The molecule has 0 aliphatic heterocycles. The highest BCUT2D eigenvalue weighted by atomic mass is 16.4. The summed E-state index contributed by atoms with van der Waals surface area (Å²) in [4.78, 5) is 32.8. The van der Waals surface area contributed by atoms with Crippen molar-refractivity contribution in [1.29, 1.82) is 0 Å². The van der Waals surface area contributed by atoms with Gasteiger partial charge in [-0.05, 0) is 12.3 Å². The first-order valence-corrected chi connectivity index (χ1v) is 4.97. The van der Waals surface area contributed by atoms with Gasteiger partial charge in [0.2, 0.25) is 12.0 Å². The van der Waals surface area contributed by atoms with Crippen molar-refractivity contribution in [3.8, 4) is 0 Å². The van der Waals surface area contributed by atoms with Crippen LogP contribution in [0.15, 0.2) is 0 Å². The molecule has 92 valence electrons. The minimum Gasteiger partial charge on any atom is -0.479 e. The zero-order valence-electron chi connectivity index (χ0n) is 9.56. The van der Waals surface area contributed by atoms with E-state index in [2.05, 4.69) is 5.32 Å². The van der Waals surface area contributed by atoms with E-state index in [-0.39, 0.29) is 5.92 Å². The summed E-state index contributed by atoms with van der Waals surface area (Å²) in [6.07, 6.45) is -1.79. The molecule has 1 amide bonds. The summed E-state index contributed by atoms with van der Waals surface area (Å²) in [5.74, 6) is -2.83. The number of aliphatic hydroxyl groups is 1. The van der Waals surface area contributed by atoms with E-state index < -0.39 is 29.8 Å². The van der Waals surface area contributed by atoms with Crippen molar-refractivity contribution in [3.05, 3.63) is 0 Å². The number of carbonyl (C=O) groups is 3. The number of rotatable bonds is 6. The SMILES string of the molecule is CC(=O)N[C@@H](CC(C)C)C(=O)C(O)C(=O)O. The van der Waals surface area contributed by atoms with Gasteiger partial charge in [0.05, 0.1) is 6.04 Å². The first-order chi connectivity index (χ1) is 7.25. The van der Waals surface area contributed by atoms with E-state index in [1.165, 1.54) is 6.92 Å². The lowest BCUT2D eigenvalue weighted by Crippen LogP contribution is -2.47. The van der Waals surface area contributed by atoms with Gasteiger partial charge in [-0.3, -0.25) is 9.59 Å². The minimum absolute atomic E-state index is 0.0989. The molecule has 0 aromatic rings. The molecule has 6 heteroatoms. The van der Waals surface area contributed by atoms with Gasteiger partial charge in [-0.25, -0.2) is 4.79 Å². The van der Waals surface area contributed by atoms with E-state index in [0.717, 1.165) is 0 Å². The Labute approximate surface area is 93.6 Å². The minimum atomic E-state index is -2.09. The molecule has 0 aromatic heterocycles. The number of hydrogen-bond donors (Lipinski definition) is 3. The van der Waals surface area contributed by atoms with Crippen molar-refractivity contribution >= 4 is 17.7 Å². The predicted octanol–water partition coefficient (Wildman–Crippen LogP) is -0.448. The Hall–Kier alpha value is -1.43. The van der Waals surface area contributed by atoms with E-state index >= 15 is 0 Å². The summed E-state index contributed by atoms with van der Waals surface area (Å²) < 4.78 is 0. The number of carboxylic acid groups (broad SMARTS) is 1. The summed E-state index contributed by atoms with van der Waals surface area (Å²) in [7, 11) is 0. The molecular weight excluding hydrogens is 214 g/mol. The largest absolute Gasteiger partial charge is 0.479 e. The second-order valence-electron chi connectivity index (χ2n) is 4.03. The van der Waals surface area contributed by atoms with Crippen LogP contribution in [0.5, 0.6) is 0 Å². The molecule has 1 unspecified atom stereocenters. The smallest absolute Gasteiger partial charge is 0.340 e. The van der Waals surface area contributed by atoms with Gasteiger partial charge in [0.15, 0.2) is 5.78 Å². The Bertz CT molecular complexity index is 287. The van der Waals surface area contributed by atoms with Gasteiger partial charge in [0.25, 0.3) is 0 Å². The quantitative estimate of drug-likeness (QED) is 0.537. The highest BCUT2D eigenvalue weighted by Crippen LogP contribution is 2.08. The van der Waals surface area contributed by atoms with Crippen molar-refractivity contribution < 1.29 is 24.6 Å². The number of ketones is 1. The highest BCUT2D eigenvalue weighted by Gasteiger charge is 2.31. The molecule has 0 spiro atoms. The summed E-state index contributed by atoms with van der Waals surface area (Å²) in [6, 6.07) is -0.955. The Balaban J connectivity index is 4.67. The lowest BCUT2D eigenvalue weighted by molar-refractivity contribution is -0.153. The third-order valence-corrected chi connectivity index (χ3v) is 1.93. The zero-order chi connectivity index (χ0) is 12.9. The van der Waals surface area contributed by atoms with Crippen molar-refractivity contribution in [2.45, 2.75) is 39.3 Å². The maximum Gasteiger partial charge on any atom is 0.340 e. The van der Waals surface area contributed by atoms with E-state index in [4.69, 9.17) is 10.2 Å². The van der Waals surface area contributed by atoms with Crippen LogP contribution in [0.1, 0.15) is 27.2 Å². The molecule has 0 saturated heterocycles. The molecule has 0 heterocycles. The van der Waals surface area contributed by atoms with Gasteiger partial charge in [-0.2, -0.15) is 0 Å². The maximum atomic E-state index is 11.5. The fourth-order valence-electron chi connectivity index (χ4n) is 1.28. The van der Waals surface area contributed by atoms with Crippen LogP contribution in [0.25, 0.3) is 0 Å². The Morgan fingerprint density at radius 2 is 1.75 bits per heavy atom. The van der Waals surface area contributed by atoms with Crippen LogP contribution < -0.4 is 5.32 Å². The number of aliphatic hydroxyl groups excluding tert-OH is 1. The molecule has 0 aromatic carbocycles. The lowest BCUT2D eigenvalue weighted by atomic mass is 9.97. The molecule has 0 aliphatic carbocycles. The second-order valence-corrected chi connectivity index (χ2v) is 4.03. The number of hydrogen-bond acceptors (Lipinski definition) is 4. The molecule has 0 saturated carbocycles. The van der Waals surface area contributed by atoms with Crippen LogP contribution in [0, 0.1) is 5.92 Å². The molecule has 0 rings (SSSR count). The fourth-order valence-corrected chi connectivity index (χ4v) is 1.28. The van der Waals surface area contributed by atoms with Crippen LogP contribution in [0.3, 0.4) is 0 Å². The van der Waals surface area contributed by atoms with Crippen LogP contribution in [-0.4, -0.2) is 40.0 Å². The highest BCUT2D eigenvalue weighted by molar-refractivity contribution is 6.04. The monoisotopic (exact) mass is 231 g/mol. The summed E-state index contributed by atoms with van der Waals surface area (Å²) >= 11 is 0. The van der Waals surface area contributed by atoms with Gasteiger partial charge >= 0.3 is 5.97 Å². The second kappa shape index (κ2) is 6.22. The molecule has 3 N–H and O–H groups in total. The molecular formula is C10H17NO5. The van der Waals surface area contributed by atoms with Crippen LogP contribution in [0.4, 0.5) is 0 Å². The van der Waals surface area contributed by atoms with Crippen LogP contribution >= 0.6 is 0 Å². The van der Waals surface area contributed by atoms with Crippen molar-refractivity contribution in [2.75, 3.05) is 0 Å². The van der Waals surface area contributed by atoms with Gasteiger partial charge < -0.3 is 15.5 Å². The average Bonchev–Trinajstić information content (AvgIpc) is 2.12. The summed E-state index contributed by atoms with van der Waals surface area (Å²) in [6.45, 7) is 4.89. The van der Waals surface area contributed by atoms with Gasteiger partial charge in [-0.1, -0.05) is 13.8 Å². The van der Waals surface area contributed by atoms with Gasteiger partial charge in [0, 0.05) is 6.92 Å². The average molecular weight is 231 g/mol. The van der Waals surface area contributed by atoms with Gasteiger partial charge in [-0.15, -0.1) is 0 Å². The number of Topliss-reactive ketones (excluding diaryl/α,β-unsaturated/α-hetero) is 1. The van der Waals surface area contributed by atoms with E-state index in [9.17, 15) is 14.4 Å². The Kier molecular flexibility index (Phi) is 5.66. The molecule has 2 atom stereocenters. The summed E-state index contributed by atoms with van der Waals surface area (Å²) in [5, 5.41) is 19.9. The number of amides is 1. The zero-order valence-corrected chi connectivity index (χ0v) is 9.56. The molecule has 0 fully saturated rings. The fraction of sp³-hybridized carbons (Fsp3) is 0.700. The topological polar surface area (TPSA) is 104 Å². The Morgan fingerprint density at radius 3 is 2.06 bits per heavy atom. The van der Waals surface area contributed by atoms with Crippen LogP contribution in [0.2, 0.25) is 0 Å². The molecule has 0 aliphatic rings. The van der Waals surface area contributed by atoms with Crippen LogP contribution in [-0.2, 0) is 14.4 Å². The molecule has 6 nitrogen and oxygen atoms in total. The van der Waals surface area contributed by atoms with Crippen molar-refractivity contribution in [3.63, 3.8) is 0 Å². The van der Waals surface area contributed by atoms with E-state index in [0.29, 0.717) is 6.42 Å². The number of nitrogens with one attached hydrogen (secondary N) is 1. The number of carboxylic acids is 1. The number of aliphatic carboxylic acids is 1. The van der Waals surface area contributed by atoms with E-state index in [1.807, 2.05) is 13.8 Å². The number of carbonyl (C=O) groups excluding carboxylic acids is 2. The molecule has 0 bridgehead atoms. The first kappa shape index (κ1) is 14.6. The van der Waals surface area contributed by atoms with Crippen molar-refractivity contribution in [1.82, 2.24) is 5.32 Å². The predicted molar refractivity (Wildman–Crippen MR) is 55.7 cm³/mol. The first-order valence-electron chi connectivity index (χ1n) is 4.97. The summed E-state index contributed by atoms with van der Waals surface area (Å²) in [5.41, 5.74) is 0. The normalized spacial score (nSPS) is 14.3. The molecule has 0 radical (unpaired) electrons. The lowest BCUT2D eigenvalue weighted by Gasteiger charge is -2.19. The standard InChI is InChI=1S/C10H17NO5/c1-5(2)4-7(11-6(3)12)8(13)9(14)10(15)16/h5,7,9,14H,4H2,1-3H3,(H,11,12)(H,15,16)/t7-,9?/m0/s1. The molecule has 16 heavy (non-hydrogen) atoms.